The molecule has 0 spiro atoms. The van der Waals surface area contributed by atoms with Gasteiger partial charge in [0.05, 0.1) is 11.6 Å². The number of aryl methyl sites for hydroxylation is 1. The van der Waals surface area contributed by atoms with Gasteiger partial charge < -0.3 is 10.1 Å². The standard InChI is InChI=1S/C15H20N2OS/c1-3-18-11-14-7-5-4-6-13(14)8-16-9-15-10-17-12(2)19-15/h4-7,10,16H,3,8-9,11H2,1-2H3. The highest BCUT2D eigenvalue weighted by Gasteiger charge is 2.02. The fraction of sp³-hybridized carbons (Fsp3) is 0.400. The van der Waals surface area contributed by atoms with Gasteiger partial charge in [0.1, 0.15) is 0 Å². The Hall–Kier alpha value is -1.23. The topological polar surface area (TPSA) is 34.1 Å². The van der Waals surface area contributed by atoms with Crippen molar-refractivity contribution in [1.82, 2.24) is 10.3 Å². The van der Waals surface area contributed by atoms with Crippen LogP contribution < -0.4 is 5.32 Å². The van der Waals surface area contributed by atoms with E-state index in [0.29, 0.717) is 6.61 Å². The average Bonchev–Trinajstić information content (AvgIpc) is 2.83. The molecule has 0 saturated carbocycles. The van der Waals surface area contributed by atoms with Crippen LogP contribution in [0.3, 0.4) is 0 Å². The van der Waals surface area contributed by atoms with Crippen molar-refractivity contribution in [1.29, 1.82) is 0 Å². The van der Waals surface area contributed by atoms with Gasteiger partial charge in [-0.05, 0) is 25.0 Å². The molecule has 0 aliphatic rings. The molecule has 0 radical (unpaired) electrons. The average molecular weight is 276 g/mol. The first kappa shape index (κ1) is 14.2. The third-order valence-electron chi connectivity index (χ3n) is 2.86. The lowest BCUT2D eigenvalue weighted by Gasteiger charge is -2.10. The molecule has 19 heavy (non-hydrogen) atoms. The minimum atomic E-state index is 0.689. The van der Waals surface area contributed by atoms with Crippen LogP contribution in [-0.4, -0.2) is 11.6 Å². The second kappa shape index (κ2) is 7.38. The van der Waals surface area contributed by atoms with Crippen molar-refractivity contribution in [3.05, 3.63) is 51.5 Å². The minimum absolute atomic E-state index is 0.689. The molecule has 0 atom stereocenters. The Balaban J connectivity index is 1.88. The monoisotopic (exact) mass is 276 g/mol. The molecule has 0 bridgehead atoms. The summed E-state index contributed by atoms with van der Waals surface area (Å²) in [6.07, 6.45) is 1.94. The molecule has 0 fully saturated rings. The summed E-state index contributed by atoms with van der Waals surface area (Å²) in [6, 6.07) is 8.41. The molecule has 4 heteroatoms. The highest BCUT2D eigenvalue weighted by atomic mass is 32.1. The maximum Gasteiger partial charge on any atom is 0.0897 e. The van der Waals surface area contributed by atoms with Crippen molar-refractivity contribution in [3.8, 4) is 0 Å². The van der Waals surface area contributed by atoms with Crippen LogP contribution in [0.5, 0.6) is 0 Å². The van der Waals surface area contributed by atoms with Crippen molar-refractivity contribution in [2.75, 3.05) is 6.61 Å². The Kier molecular flexibility index (Phi) is 5.51. The van der Waals surface area contributed by atoms with E-state index in [9.17, 15) is 0 Å². The summed E-state index contributed by atoms with van der Waals surface area (Å²) in [5.41, 5.74) is 2.56. The Morgan fingerprint density at radius 1 is 1.21 bits per heavy atom. The van der Waals surface area contributed by atoms with Gasteiger partial charge in [-0.2, -0.15) is 0 Å². The zero-order valence-electron chi connectivity index (χ0n) is 11.5. The molecule has 3 nitrogen and oxygen atoms in total. The van der Waals surface area contributed by atoms with Crippen LogP contribution in [0.25, 0.3) is 0 Å². The first-order valence-corrected chi connectivity index (χ1v) is 7.37. The Labute approximate surface area is 118 Å². The van der Waals surface area contributed by atoms with E-state index < -0.39 is 0 Å². The van der Waals surface area contributed by atoms with Crippen LogP contribution in [0.1, 0.15) is 27.9 Å². The van der Waals surface area contributed by atoms with Gasteiger partial charge >= 0.3 is 0 Å². The second-order valence-electron chi connectivity index (χ2n) is 4.35. The third kappa shape index (κ3) is 4.42. The zero-order chi connectivity index (χ0) is 13.5. The number of thiazole rings is 1. The second-order valence-corrected chi connectivity index (χ2v) is 5.67. The van der Waals surface area contributed by atoms with E-state index in [1.165, 1.54) is 16.0 Å². The molecule has 1 heterocycles. The predicted molar refractivity (Wildman–Crippen MR) is 79.2 cm³/mol. The van der Waals surface area contributed by atoms with E-state index in [0.717, 1.165) is 24.7 Å². The molecule has 0 saturated heterocycles. The van der Waals surface area contributed by atoms with Gasteiger partial charge in [0.15, 0.2) is 0 Å². The summed E-state index contributed by atoms with van der Waals surface area (Å²) in [7, 11) is 0. The molecule has 1 N–H and O–H groups in total. The minimum Gasteiger partial charge on any atom is -0.377 e. The zero-order valence-corrected chi connectivity index (χ0v) is 12.3. The van der Waals surface area contributed by atoms with Gasteiger partial charge in [-0.1, -0.05) is 24.3 Å². The van der Waals surface area contributed by atoms with Crippen LogP contribution in [0.2, 0.25) is 0 Å². The number of nitrogens with zero attached hydrogens (tertiary/aromatic N) is 1. The molecule has 2 aromatic rings. The van der Waals surface area contributed by atoms with E-state index in [1.807, 2.05) is 20.0 Å². The van der Waals surface area contributed by atoms with Crippen LogP contribution in [-0.2, 0) is 24.4 Å². The quantitative estimate of drug-likeness (QED) is 0.842. The Morgan fingerprint density at radius 3 is 2.68 bits per heavy atom. The number of aromatic nitrogens is 1. The molecule has 0 aliphatic heterocycles. The van der Waals surface area contributed by atoms with Crippen LogP contribution in [0.15, 0.2) is 30.5 Å². The highest BCUT2D eigenvalue weighted by molar-refractivity contribution is 7.11. The number of benzene rings is 1. The van der Waals surface area contributed by atoms with Crippen molar-refractivity contribution in [2.24, 2.45) is 0 Å². The summed E-state index contributed by atoms with van der Waals surface area (Å²) >= 11 is 1.74. The molecule has 0 aliphatic carbocycles. The largest absolute Gasteiger partial charge is 0.377 e. The molecule has 0 amide bonds. The smallest absolute Gasteiger partial charge is 0.0897 e. The molecule has 1 aromatic carbocycles. The first-order chi connectivity index (χ1) is 9.29. The number of hydrogen-bond acceptors (Lipinski definition) is 4. The maximum absolute atomic E-state index is 5.49. The fourth-order valence-corrected chi connectivity index (χ4v) is 2.65. The Morgan fingerprint density at radius 2 is 2.00 bits per heavy atom. The van der Waals surface area contributed by atoms with Crippen molar-refractivity contribution in [2.45, 2.75) is 33.5 Å². The Bertz CT molecular complexity index is 510. The van der Waals surface area contributed by atoms with Crippen molar-refractivity contribution < 1.29 is 4.74 Å². The number of hydrogen-bond donors (Lipinski definition) is 1. The fourth-order valence-electron chi connectivity index (χ4n) is 1.89. The first-order valence-electron chi connectivity index (χ1n) is 6.56. The van der Waals surface area contributed by atoms with E-state index in [1.54, 1.807) is 11.3 Å². The summed E-state index contributed by atoms with van der Waals surface area (Å²) in [6.45, 7) is 7.23. The van der Waals surface area contributed by atoms with Gasteiger partial charge in [0.2, 0.25) is 0 Å². The van der Waals surface area contributed by atoms with Gasteiger partial charge in [-0.3, -0.25) is 0 Å². The summed E-state index contributed by atoms with van der Waals surface area (Å²) in [4.78, 5) is 5.54. The SMILES string of the molecule is CCOCc1ccccc1CNCc1cnc(C)s1. The lowest BCUT2D eigenvalue weighted by Crippen LogP contribution is -2.13. The molecular weight excluding hydrogens is 256 g/mol. The number of nitrogens with one attached hydrogen (secondary N) is 1. The maximum atomic E-state index is 5.49. The van der Waals surface area contributed by atoms with Crippen molar-refractivity contribution >= 4 is 11.3 Å². The molecule has 2 rings (SSSR count). The number of ether oxygens (including phenoxy) is 1. The van der Waals surface area contributed by atoms with E-state index in [2.05, 4.69) is 34.6 Å². The molecular formula is C15H20N2OS. The van der Waals surface area contributed by atoms with Crippen LogP contribution in [0, 0.1) is 6.92 Å². The van der Waals surface area contributed by atoms with Gasteiger partial charge in [0, 0.05) is 30.8 Å². The van der Waals surface area contributed by atoms with E-state index in [-0.39, 0.29) is 0 Å². The van der Waals surface area contributed by atoms with E-state index in [4.69, 9.17) is 4.74 Å². The van der Waals surface area contributed by atoms with Crippen LogP contribution in [0.4, 0.5) is 0 Å². The van der Waals surface area contributed by atoms with E-state index >= 15 is 0 Å². The predicted octanol–water partition coefficient (Wildman–Crippen LogP) is 3.28. The normalized spacial score (nSPS) is 10.8. The molecule has 0 unspecified atom stereocenters. The third-order valence-corrected chi connectivity index (χ3v) is 3.78. The summed E-state index contributed by atoms with van der Waals surface area (Å²) in [5.74, 6) is 0. The lowest BCUT2D eigenvalue weighted by atomic mass is 10.1. The molecule has 1 aromatic heterocycles. The van der Waals surface area contributed by atoms with Gasteiger partial charge in [-0.25, -0.2) is 4.98 Å². The van der Waals surface area contributed by atoms with Crippen LogP contribution >= 0.6 is 11.3 Å². The van der Waals surface area contributed by atoms with Gasteiger partial charge in [0.25, 0.3) is 0 Å². The lowest BCUT2D eigenvalue weighted by molar-refractivity contribution is 0.133. The summed E-state index contributed by atoms with van der Waals surface area (Å²) < 4.78 is 5.49. The summed E-state index contributed by atoms with van der Waals surface area (Å²) in [5, 5.41) is 4.58. The number of rotatable bonds is 7. The van der Waals surface area contributed by atoms with Gasteiger partial charge in [-0.15, -0.1) is 11.3 Å². The van der Waals surface area contributed by atoms with Crippen molar-refractivity contribution in [3.63, 3.8) is 0 Å². The molecule has 102 valence electrons. The highest BCUT2D eigenvalue weighted by Crippen LogP contribution is 2.13.